The van der Waals surface area contributed by atoms with E-state index < -0.39 is 35.1 Å². The standard InChI is InChI=1S/C20H14F4N3O2.C2H6N2O.CH3.Os/c1-11-14(20(22,23)24)10-25-19(29-15-8-9-16(21)26-12(15)2)17(11)18(28)27-13-6-4-3-5-7-13;3-1-2(4)5;;/h3-4,6-10H,1-2H3,(H,27,28);1,3H2,(H2,4,5);1H3;/q-1;;-1;/p-1. The summed E-state index contributed by atoms with van der Waals surface area (Å²) >= 11 is 0. The summed E-state index contributed by atoms with van der Waals surface area (Å²) in [5.74, 6) is -2.61. The third kappa shape index (κ3) is 8.98. The molecule has 0 saturated heterocycles. The van der Waals surface area contributed by atoms with Crippen molar-refractivity contribution in [2.24, 2.45) is 5.73 Å². The molecule has 1 aromatic carbocycles. The van der Waals surface area contributed by atoms with Gasteiger partial charge in [-0.2, -0.15) is 41.8 Å². The number of aromatic nitrogens is 2. The molecule has 0 saturated carbocycles. The van der Waals surface area contributed by atoms with Crippen molar-refractivity contribution in [3.63, 3.8) is 0 Å². The van der Waals surface area contributed by atoms with Crippen molar-refractivity contribution >= 4 is 17.5 Å². The van der Waals surface area contributed by atoms with Crippen LogP contribution in [0.4, 0.5) is 23.2 Å². The normalized spacial score (nSPS) is 10.1. The number of amides is 2. The van der Waals surface area contributed by atoms with Gasteiger partial charge in [0.25, 0.3) is 5.91 Å². The smallest absolute Gasteiger partial charge is 0.418 e. The number of hydrogen-bond donors (Lipinski definition) is 2. The molecular weight excluding hydrogens is 661 g/mol. The number of carbonyl (C=O) groups excluding carboxylic acids is 2. The molecule has 36 heavy (non-hydrogen) atoms. The van der Waals surface area contributed by atoms with Gasteiger partial charge in [-0.1, -0.05) is 5.69 Å². The van der Waals surface area contributed by atoms with Gasteiger partial charge in [0.1, 0.15) is 5.56 Å². The molecule has 0 aliphatic carbocycles. The van der Waals surface area contributed by atoms with E-state index in [-0.39, 0.29) is 56.6 Å². The van der Waals surface area contributed by atoms with Crippen molar-refractivity contribution < 1.29 is 51.7 Å². The van der Waals surface area contributed by atoms with Crippen LogP contribution in [0.3, 0.4) is 0 Å². The summed E-state index contributed by atoms with van der Waals surface area (Å²) in [6.45, 7) is 2.44. The van der Waals surface area contributed by atoms with Gasteiger partial charge in [-0.3, -0.25) is 4.79 Å². The number of benzene rings is 1. The fraction of sp³-hybridized carbons (Fsp3) is 0.174. The number of carbonyl (C=O) groups is 2. The van der Waals surface area contributed by atoms with Crippen LogP contribution < -0.4 is 15.8 Å². The number of hydrogen-bond acceptors (Lipinski definition) is 6. The second-order valence-electron chi connectivity index (χ2n) is 6.67. The SMILES string of the molecule is Cc1nc(F)ccc1Oc1ncc(C(F)(F)F)c(C)c1C(=O)Nc1c[c-]ccc1.[CH3-].[NH-]C(=O)CN.[Os]. The number of halogens is 4. The average molecular weight is 683 g/mol. The third-order valence-electron chi connectivity index (χ3n) is 4.20. The van der Waals surface area contributed by atoms with E-state index in [2.05, 4.69) is 27.1 Å². The van der Waals surface area contributed by atoms with E-state index in [0.717, 1.165) is 13.0 Å². The maximum Gasteiger partial charge on any atom is 0.418 e. The molecule has 2 amide bonds. The molecule has 0 unspecified atom stereocenters. The van der Waals surface area contributed by atoms with Crippen molar-refractivity contribution in [2.75, 3.05) is 11.9 Å². The molecule has 2 heterocycles. The number of aryl methyl sites for hydroxylation is 1. The van der Waals surface area contributed by atoms with Gasteiger partial charge in [0.2, 0.25) is 11.8 Å². The van der Waals surface area contributed by atoms with E-state index in [1.807, 2.05) is 0 Å². The van der Waals surface area contributed by atoms with Crippen molar-refractivity contribution in [3.05, 3.63) is 90.2 Å². The van der Waals surface area contributed by atoms with Crippen LogP contribution in [0.2, 0.25) is 0 Å². The minimum absolute atomic E-state index is 0. The molecule has 3 rings (SSSR count). The van der Waals surface area contributed by atoms with Crippen LogP contribution in [0, 0.1) is 33.3 Å². The molecule has 0 atom stereocenters. The number of pyridine rings is 2. The summed E-state index contributed by atoms with van der Waals surface area (Å²) in [6.07, 6.45) is -4.12. The Morgan fingerprint density at radius 2 is 1.86 bits per heavy atom. The monoisotopic (exact) mass is 684 g/mol. The Labute approximate surface area is 218 Å². The van der Waals surface area contributed by atoms with Gasteiger partial charge in [0.05, 0.1) is 17.2 Å². The summed E-state index contributed by atoms with van der Waals surface area (Å²) in [7, 11) is 0. The number of anilines is 1. The molecule has 0 spiro atoms. The summed E-state index contributed by atoms with van der Waals surface area (Å²) < 4.78 is 58.7. The second-order valence-corrected chi connectivity index (χ2v) is 6.67. The minimum Gasteiger partial charge on any atom is -0.667 e. The largest absolute Gasteiger partial charge is 0.667 e. The van der Waals surface area contributed by atoms with E-state index in [1.54, 1.807) is 18.2 Å². The third-order valence-corrected chi connectivity index (χ3v) is 4.20. The van der Waals surface area contributed by atoms with Crippen molar-refractivity contribution in [1.29, 1.82) is 0 Å². The number of nitrogens with two attached hydrogens (primary N) is 1. The summed E-state index contributed by atoms with van der Waals surface area (Å²) in [4.78, 5) is 29.4. The van der Waals surface area contributed by atoms with Gasteiger partial charge in [-0.05, 0) is 31.5 Å². The first-order chi connectivity index (χ1) is 15.9. The van der Waals surface area contributed by atoms with Gasteiger partial charge in [0.15, 0.2) is 5.75 Å². The first-order valence-corrected chi connectivity index (χ1v) is 9.53. The van der Waals surface area contributed by atoms with Crippen LogP contribution in [0.1, 0.15) is 27.2 Å². The van der Waals surface area contributed by atoms with E-state index >= 15 is 0 Å². The first kappa shape index (κ1) is 32.6. The zero-order valence-corrected chi connectivity index (χ0v) is 21.9. The quantitative estimate of drug-likeness (QED) is 0.220. The fourth-order valence-corrected chi connectivity index (χ4v) is 2.60. The Morgan fingerprint density at radius 3 is 2.36 bits per heavy atom. The maximum atomic E-state index is 13.3. The van der Waals surface area contributed by atoms with Crippen LogP contribution in [-0.2, 0) is 30.8 Å². The van der Waals surface area contributed by atoms with Crippen molar-refractivity contribution in [1.82, 2.24) is 9.97 Å². The Bertz CT molecular complexity index is 1180. The molecule has 0 radical (unpaired) electrons. The van der Waals surface area contributed by atoms with E-state index in [4.69, 9.17) is 10.5 Å². The number of nitrogens with one attached hydrogen (secondary N) is 2. The number of rotatable bonds is 5. The minimum atomic E-state index is -4.71. The molecule has 196 valence electrons. The fourth-order valence-electron chi connectivity index (χ4n) is 2.60. The van der Waals surface area contributed by atoms with Crippen LogP contribution in [0.25, 0.3) is 5.73 Å². The molecule has 0 fully saturated rings. The summed E-state index contributed by atoms with van der Waals surface area (Å²) in [6, 6.07) is 11.3. The zero-order chi connectivity index (χ0) is 25.5. The molecule has 0 aliphatic heterocycles. The van der Waals surface area contributed by atoms with Crippen LogP contribution >= 0.6 is 0 Å². The van der Waals surface area contributed by atoms with E-state index in [0.29, 0.717) is 11.9 Å². The predicted octanol–water partition coefficient (Wildman–Crippen LogP) is 5.07. The van der Waals surface area contributed by atoms with Crippen LogP contribution in [-0.4, -0.2) is 28.3 Å². The van der Waals surface area contributed by atoms with E-state index in [1.165, 1.54) is 19.1 Å². The zero-order valence-electron chi connectivity index (χ0n) is 19.3. The van der Waals surface area contributed by atoms with Crippen molar-refractivity contribution in [2.45, 2.75) is 20.0 Å². The Kier molecular flexibility index (Phi) is 12.9. The van der Waals surface area contributed by atoms with Crippen molar-refractivity contribution in [3.8, 4) is 11.6 Å². The predicted molar refractivity (Wildman–Crippen MR) is 121 cm³/mol. The van der Waals surface area contributed by atoms with Gasteiger partial charge in [-0.25, -0.2) is 9.97 Å². The summed E-state index contributed by atoms with van der Waals surface area (Å²) in [5.41, 5.74) is 9.36. The molecule has 4 N–H and O–H groups in total. The Balaban J connectivity index is 0.00000160. The average Bonchev–Trinajstić information content (AvgIpc) is 2.76. The summed E-state index contributed by atoms with van der Waals surface area (Å²) in [5, 5.41) is 2.49. The number of alkyl halides is 3. The van der Waals surface area contributed by atoms with Crippen LogP contribution in [0.15, 0.2) is 42.6 Å². The molecule has 13 heteroatoms. The Hall–Kier alpha value is -3.42. The van der Waals surface area contributed by atoms with E-state index in [9.17, 15) is 27.2 Å². The van der Waals surface area contributed by atoms with Gasteiger partial charge in [-0.15, -0.1) is 6.07 Å². The van der Waals surface area contributed by atoms with Gasteiger partial charge < -0.3 is 33.7 Å². The van der Waals surface area contributed by atoms with Gasteiger partial charge in [0, 0.05) is 32.5 Å². The van der Waals surface area contributed by atoms with Crippen LogP contribution in [0.5, 0.6) is 11.6 Å². The second kappa shape index (κ2) is 14.2. The molecule has 0 bridgehead atoms. The topological polar surface area (TPSA) is 131 Å². The van der Waals surface area contributed by atoms with Gasteiger partial charge >= 0.3 is 6.18 Å². The number of nitrogens with zero attached hydrogens (tertiary/aromatic N) is 2. The molecule has 3 aromatic rings. The Morgan fingerprint density at radius 1 is 1.22 bits per heavy atom. The first-order valence-electron chi connectivity index (χ1n) is 9.53. The molecule has 8 nitrogen and oxygen atoms in total. The maximum absolute atomic E-state index is 13.3. The molecule has 2 aromatic heterocycles. The number of ether oxygens (including phenoxy) is 1. The molecular formula is C23H22F4N5O3Os-3. The molecule has 0 aliphatic rings.